The van der Waals surface area contributed by atoms with Crippen LogP contribution in [0.15, 0.2) is 89.9 Å². The molecule has 1 unspecified atom stereocenters. The van der Waals surface area contributed by atoms with E-state index in [0.29, 0.717) is 12.1 Å². The molecule has 30 heavy (non-hydrogen) atoms. The molecule has 1 atom stereocenters. The molecule has 0 bridgehead atoms. The molecule has 3 aromatic carbocycles. The van der Waals surface area contributed by atoms with E-state index < -0.39 is 0 Å². The zero-order valence-electron chi connectivity index (χ0n) is 16.7. The molecular formula is C24H25Cl2N3O. The standard InChI is InChI=1S/C24H23N3O.2ClH/c1-27-17-20(16-25-24(28)19-12-6-3-7-13-19)26-23(18-10-4-2-5-11-18)21-14-8-9-15-22(21)27;;/h2-15,20H,16-17H2,1H3,(H,25,28);2*1H. The number of fused-ring (bicyclic) bond motifs is 1. The summed E-state index contributed by atoms with van der Waals surface area (Å²) in [6.45, 7) is 1.23. The summed E-state index contributed by atoms with van der Waals surface area (Å²) in [5.41, 5.74) is 5.00. The molecule has 1 N–H and O–H groups in total. The van der Waals surface area contributed by atoms with Crippen molar-refractivity contribution < 1.29 is 4.79 Å². The average molecular weight is 442 g/mol. The lowest BCUT2D eigenvalue weighted by molar-refractivity contribution is 0.0951. The van der Waals surface area contributed by atoms with Crippen LogP contribution in [-0.2, 0) is 0 Å². The summed E-state index contributed by atoms with van der Waals surface area (Å²) in [6, 6.07) is 27.8. The van der Waals surface area contributed by atoms with E-state index in [1.165, 1.54) is 0 Å². The van der Waals surface area contributed by atoms with Gasteiger partial charge in [-0.1, -0.05) is 66.7 Å². The molecule has 0 aliphatic carbocycles. The number of para-hydroxylation sites is 1. The summed E-state index contributed by atoms with van der Waals surface area (Å²) in [6.07, 6.45) is 0. The SMILES string of the molecule is CN1CC(CNC(=O)c2ccccc2)N=C(c2ccccc2)c2ccccc21.Cl.Cl. The van der Waals surface area contributed by atoms with Gasteiger partial charge in [0.1, 0.15) is 0 Å². The summed E-state index contributed by atoms with van der Waals surface area (Å²) in [4.78, 5) is 19.7. The van der Waals surface area contributed by atoms with Gasteiger partial charge in [0.2, 0.25) is 0 Å². The number of hydrogen-bond acceptors (Lipinski definition) is 3. The maximum absolute atomic E-state index is 12.5. The van der Waals surface area contributed by atoms with Crippen LogP contribution in [0, 0.1) is 0 Å². The fourth-order valence-corrected chi connectivity index (χ4v) is 3.55. The Hall–Kier alpha value is -2.82. The van der Waals surface area contributed by atoms with Crippen LogP contribution in [-0.4, -0.2) is 37.8 Å². The van der Waals surface area contributed by atoms with Crippen LogP contribution in [0.5, 0.6) is 0 Å². The van der Waals surface area contributed by atoms with Gasteiger partial charge in [0.15, 0.2) is 0 Å². The van der Waals surface area contributed by atoms with Crippen LogP contribution in [0.2, 0.25) is 0 Å². The molecule has 0 radical (unpaired) electrons. The molecule has 156 valence electrons. The van der Waals surface area contributed by atoms with Crippen LogP contribution in [0.3, 0.4) is 0 Å². The first-order chi connectivity index (χ1) is 13.7. The van der Waals surface area contributed by atoms with E-state index in [-0.39, 0.29) is 36.8 Å². The number of anilines is 1. The second-order valence-electron chi connectivity index (χ2n) is 6.97. The molecule has 1 aliphatic rings. The van der Waals surface area contributed by atoms with Crippen molar-refractivity contribution >= 4 is 42.1 Å². The average Bonchev–Trinajstić information content (AvgIpc) is 2.90. The zero-order chi connectivity index (χ0) is 19.3. The molecule has 6 heteroatoms. The number of hydrogen-bond donors (Lipinski definition) is 1. The van der Waals surface area contributed by atoms with Crippen molar-refractivity contribution in [2.75, 3.05) is 25.0 Å². The summed E-state index contributed by atoms with van der Waals surface area (Å²) in [5, 5.41) is 3.04. The van der Waals surface area contributed by atoms with Crippen LogP contribution in [0.4, 0.5) is 5.69 Å². The van der Waals surface area contributed by atoms with E-state index in [1.807, 2.05) is 54.6 Å². The Labute approximate surface area is 189 Å². The molecule has 3 aromatic rings. The Morgan fingerprint density at radius 1 is 0.933 bits per heavy atom. The largest absolute Gasteiger partial charge is 0.372 e. The van der Waals surface area contributed by atoms with Crippen LogP contribution >= 0.6 is 24.8 Å². The zero-order valence-corrected chi connectivity index (χ0v) is 18.3. The van der Waals surface area contributed by atoms with Crippen LogP contribution < -0.4 is 10.2 Å². The Balaban J connectivity index is 0.00000160. The van der Waals surface area contributed by atoms with Gasteiger partial charge in [0.05, 0.1) is 11.8 Å². The van der Waals surface area contributed by atoms with Crippen molar-refractivity contribution in [3.8, 4) is 0 Å². The number of rotatable bonds is 4. The highest BCUT2D eigenvalue weighted by Gasteiger charge is 2.23. The number of nitrogens with one attached hydrogen (secondary N) is 1. The lowest BCUT2D eigenvalue weighted by Gasteiger charge is -2.22. The quantitative estimate of drug-likeness (QED) is 0.641. The first kappa shape index (κ1) is 23.5. The Bertz CT molecular complexity index is 994. The smallest absolute Gasteiger partial charge is 0.251 e. The number of amides is 1. The van der Waals surface area contributed by atoms with Crippen molar-refractivity contribution in [3.63, 3.8) is 0 Å². The highest BCUT2D eigenvalue weighted by Crippen LogP contribution is 2.26. The number of aliphatic imine (C=N–C) groups is 1. The van der Waals surface area contributed by atoms with Gasteiger partial charge in [0.25, 0.3) is 5.91 Å². The number of nitrogens with zero attached hydrogens (tertiary/aromatic N) is 2. The molecule has 0 fully saturated rings. The predicted molar refractivity (Wildman–Crippen MR) is 129 cm³/mol. The number of halogens is 2. The normalized spacial score (nSPS) is 14.9. The monoisotopic (exact) mass is 441 g/mol. The molecule has 1 amide bonds. The number of benzodiazepines with no additional fused rings is 1. The molecule has 4 rings (SSSR count). The van der Waals surface area contributed by atoms with Crippen molar-refractivity contribution in [2.24, 2.45) is 4.99 Å². The number of carbonyl (C=O) groups excluding carboxylic acids is 1. The Morgan fingerprint density at radius 3 is 2.23 bits per heavy atom. The van der Waals surface area contributed by atoms with Crippen LogP contribution in [0.1, 0.15) is 21.5 Å². The minimum absolute atomic E-state index is 0. The first-order valence-electron chi connectivity index (χ1n) is 9.49. The maximum atomic E-state index is 12.5. The lowest BCUT2D eigenvalue weighted by atomic mass is 10.0. The lowest BCUT2D eigenvalue weighted by Crippen LogP contribution is -2.37. The van der Waals surface area contributed by atoms with Gasteiger partial charge >= 0.3 is 0 Å². The van der Waals surface area contributed by atoms with E-state index in [9.17, 15) is 4.79 Å². The van der Waals surface area contributed by atoms with Crippen LogP contribution in [0.25, 0.3) is 0 Å². The summed E-state index contributed by atoms with van der Waals surface area (Å²) in [7, 11) is 2.08. The van der Waals surface area contributed by atoms with Gasteiger partial charge in [0, 0.05) is 42.5 Å². The molecule has 0 spiro atoms. The van der Waals surface area contributed by atoms with Gasteiger partial charge in [-0.2, -0.15) is 0 Å². The van der Waals surface area contributed by atoms with E-state index in [2.05, 4.69) is 47.6 Å². The summed E-state index contributed by atoms with van der Waals surface area (Å²) in [5.74, 6) is -0.0681. The molecule has 1 heterocycles. The number of likely N-dealkylation sites (N-methyl/N-ethyl adjacent to an activating group) is 1. The molecule has 0 saturated carbocycles. The van der Waals surface area contributed by atoms with Crippen molar-refractivity contribution in [1.82, 2.24) is 5.32 Å². The van der Waals surface area contributed by atoms with Gasteiger partial charge < -0.3 is 10.2 Å². The summed E-state index contributed by atoms with van der Waals surface area (Å²) >= 11 is 0. The van der Waals surface area contributed by atoms with Gasteiger partial charge in [-0.3, -0.25) is 9.79 Å². The third-order valence-electron chi connectivity index (χ3n) is 4.95. The van der Waals surface area contributed by atoms with Crippen molar-refractivity contribution in [1.29, 1.82) is 0 Å². The molecule has 1 aliphatic heterocycles. The fourth-order valence-electron chi connectivity index (χ4n) is 3.55. The first-order valence-corrected chi connectivity index (χ1v) is 9.49. The third-order valence-corrected chi connectivity index (χ3v) is 4.95. The Morgan fingerprint density at radius 2 is 1.53 bits per heavy atom. The van der Waals surface area contributed by atoms with E-state index >= 15 is 0 Å². The fraction of sp³-hybridized carbons (Fsp3) is 0.167. The number of benzene rings is 3. The second-order valence-corrected chi connectivity index (χ2v) is 6.97. The minimum atomic E-state index is -0.0681. The van der Waals surface area contributed by atoms with Gasteiger partial charge in [-0.05, 0) is 18.2 Å². The predicted octanol–water partition coefficient (Wildman–Crippen LogP) is 4.62. The molecule has 0 saturated heterocycles. The van der Waals surface area contributed by atoms with Crippen molar-refractivity contribution in [2.45, 2.75) is 6.04 Å². The number of carbonyl (C=O) groups is 1. The highest BCUT2D eigenvalue weighted by molar-refractivity contribution is 6.16. The summed E-state index contributed by atoms with van der Waals surface area (Å²) < 4.78 is 0. The van der Waals surface area contributed by atoms with Crippen molar-refractivity contribution in [3.05, 3.63) is 102 Å². The van der Waals surface area contributed by atoms with E-state index in [4.69, 9.17) is 4.99 Å². The second kappa shape index (κ2) is 10.8. The molecule has 4 nitrogen and oxygen atoms in total. The van der Waals surface area contributed by atoms with E-state index in [1.54, 1.807) is 0 Å². The maximum Gasteiger partial charge on any atom is 0.251 e. The highest BCUT2D eigenvalue weighted by atomic mass is 35.5. The topological polar surface area (TPSA) is 44.7 Å². The third kappa shape index (κ3) is 5.21. The molecular weight excluding hydrogens is 417 g/mol. The minimum Gasteiger partial charge on any atom is -0.372 e. The van der Waals surface area contributed by atoms with Gasteiger partial charge in [-0.15, -0.1) is 24.8 Å². The van der Waals surface area contributed by atoms with E-state index in [0.717, 1.165) is 29.1 Å². The van der Waals surface area contributed by atoms with Gasteiger partial charge in [-0.25, -0.2) is 0 Å². The Kier molecular flexibility index (Phi) is 8.46. The molecule has 0 aromatic heterocycles.